The molecule has 0 bridgehead atoms. The maximum atomic E-state index is 11.8. The first kappa shape index (κ1) is 12.8. The van der Waals surface area contributed by atoms with E-state index in [1.54, 1.807) is 0 Å². The smallest absolute Gasteiger partial charge is 0.309 e. The summed E-state index contributed by atoms with van der Waals surface area (Å²) in [6, 6.07) is 0. The zero-order valence-electron chi connectivity index (χ0n) is 11.3. The highest BCUT2D eigenvalue weighted by atomic mass is 16.7. The molecule has 0 spiro atoms. The van der Waals surface area contributed by atoms with Gasteiger partial charge < -0.3 is 14.2 Å². The molecule has 0 radical (unpaired) electrons. The zero-order valence-corrected chi connectivity index (χ0v) is 11.3. The number of esters is 1. The van der Waals surface area contributed by atoms with Crippen LogP contribution in [0.15, 0.2) is 0 Å². The third-order valence-electron chi connectivity index (χ3n) is 3.06. The van der Waals surface area contributed by atoms with Crippen molar-refractivity contribution < 1.29 is 19.0 Å². The van der Waals surface area contributed by atoms with Crippen molar-refractivity contribution in [2.45, 2.75) is 58.5 Å². The van der Waals surface area contributed by atoms with E-state index in [-0.39, 0.29) is 23.9 Å². The molecular weight excluding hydrogens is 220 g/mol. The lowest BCUT2D eigenvalue weighted by atomic mass is 10.1. The van der Waals surface area contributed by atoms with Gasteiger partial charge in [0.2, 0.25) is 0 Å². The summed E-state index contributed by atoms with van der Waals surface area (Å²) in [5.74, 6) is -0.342. The highest BCUT2D eigenvalue weighted by Gasteiger charge is 2.53. The summed E-state index contributed by atoms with van der Waals surface area (Å²) in [6.45, 7) is 10.1. The molecule has 4 heteroatoms. The van der Waals surface area contributed by atoms with Gasteiger partial charge in [0.05, 0.1) is 18.6 Å². The maximum absolute atomic E-state index is 11.8. The van der Waals surface area contributed by atoms with Crippen LogP contribution in [0.2, 0.25) is 0 Å². The van der Waals surface area contributed by atoms with Gasteiger partial charge in [0.15, 0.2) is 5.79 Å². The van der Waals surface area contributed by atoms with Crippen LogP contribution in [-0.2, 0) is 19.0 Å². The van der Waals surface area contributed by atoms with E-state index >= 15 is 0 Å². The number of carbonyl (C=O) groups is 1. The molecule has 0 unspecified atom stereocenters. The standard InChI is InChI=1S/C13H22O4/c1-12(2,3)17-11(14)9-6-8(9)10-7-15-13(4,5)16-10/h8-10H,6-7H2,1-5H3/t8-,9-,10+/m1/s1. The topological polar surface area (TPSA) is 44.8 Å². The molecule has 98 valence electrons. The Labute approximate surface area is 103 Å². The number of hydrogen-bond donors (Lipinski definition) is 0. The van der Waals surface area contributed by atoms with Gasteiger partial charge in [0.1, 0.15) is 5.60 Å². The Morgan fingerprint density at radius 3 is 2.47 bits per heavy atom. The normalized spacial score (nSPS) is 35.7. The van der Waals surface area contributed by atoms with Crippen molar-refractivity contribution in [2.24, 2.45) is 11.8 Å². The van der Waals surface area contributed by atoms with Gasteiger partial charge in [-0.3, -0.25) is 4.79 Å². The van der Waals surface area contributed by atoms with Crippen LogP contribution in [-0.4, -0.2) is 30.1 Å². The van der Waals surface area contributed by atoms with E-state index in [1.807, 2.05) is 34.6 Å². The van der Waals surface area contributed by atoms with Crippen LogP contribution in [0.1, 0.15) is 41.0 Å². The molecule has 0 amide bonds. The van der Waals surface area contributed by atoms with Gasteiger partial charge in [-0.25, -0.2) is 0 Å². The van der Waals surface area contributed by atoms with Crippen LogP contribution < -0.4 is 0 Å². The summed E-state index contributed by atoms with van der Waals surface area (Å²) < 4.78 is 16.6. The van der Waals surface area contributed by atoms with Crippen molar-refractivity contribution in [3.05, 3.63) is 0 Å². The third kappa shape index (κ3) is 3.19. The molecule has 1 heterocycles. The number of ether oxygens (including phenoxy) is 3. The van der Waals surface area contributed by atoms with Gasteiger partial charge in [-0.1, -0.05) is 0 Å². The molecule has 0 aromatic rings. The molecule has 0 aromatic heterocycles. The van der Waals surface area contributed by atoms with Crippen LogP contribution >= 0.6 is 0 Å². The average Bonchev–Trinajstić information content (AvgIpc) is 2.83. The zero-order chi connectivity index (χ0) is 12.8. The number of hydrogen-bond acceptors (Lipinski definition) is 4. The molecule has 0 aromatic carbocycles. The van der Waals surface area contributed by atoms with Crippen LogP contribution in [0.3, 0.4) is 0 Å². The first-order chi connectivity index (χ1) is 7.68. The van der Waals surface area contributed by atoms with Gasteiger partial charge in [-0.05, 0) is 41.0 Å². The second-order valence-electron chi connectivity index (χ2n) is 6.41. The Balaban J connectivity index is 1.83. The molecule has 1 aliphatic heterocycles. The van der Waals surface area contributed by atoms with Crippen LogP contribution in [0.4, 0.5) is 0 Å². The molecule has 3 atom stereocenters. The monoisotopic (exact) mass is 242 g/mol. The minimum absolute atomic E-state index is 0.00303. The molecular formula is C13H22O4. The molecule has 1 saturated carbocycles. The lowest BCUT2D eigenvalue weighted by molar-refractivity contribution is -0.159. The predicted octanol–water partition coefficient (Wildman–Crippen LogP) is 2.12. The summed E-state index contributed by atoms with van der Waals surface area (Å²) in [5, 5.41) is 0. The van der Waals surface area contributed by atoms with Crippen molar-refractivity contribution in [1.82, 2.24) is 0 Å². The van der Waals surface area contributed by atoms with Gasteiger partial charge >= 0.3 is 5.97 Å². The highest BCUT2D eigenvalue weighted by Crippen LogP contribution is 2.46. The maximum Gasteiger partial charge on any atom is 0.309 e. The fraction of sp³-hybridized carbons (Fsp3) is 0.923. The largest absolute Gasteiger partial charge is 0.460 e. The Morgan fingerprint density at radius 1 is 1.35 bits per heavy atom. The summed E-state index contributed by atoms with van der Waals surface area (Å²) in [4.78, 5) is 11.8. The van der Waals surface area contributed by atoms with E-state index in [4.69, 9.17) is 14.2 Å². The summed E-state index contributed by atoms with van der Waals surface area (Å²) in [6.07, 6.45) is 0.904. The Hall–Kier alpha value is -0.610. The third-order valence-corrected chi connectivity index (χ3v) is 3.06. The first-order valence-corrected chi connectivity index (χ1v) is 6.23. The van der Waals surface area contributed by atoms with E-state index < -0.39 is 11.4 Å². The number of rotatable bonds is 2. The fourth-order valence-corrected chi connectivity index (χ4v) is 2.20. The van der Waals surface area contributed by atoms with Gasteiger partial charge in [-0.2, -0.15) is 0 Å². The van der Waals surface area contributed by atoms with Crippen LogP contribution in [0.5, 0.6) is 0 Å². The summed E-state index contributed by atoms with van der Waals surface area (Å²) >= 11 is 0. The van der Waals surface area contributed by atoms with Crippen molar-refractivity contribution >= 4 is 5.97 Å². The predicted molar refractivity (Wildman–Crippen MR) is 62.3 cm³/mol. The van der Waals surface area contributed by atoms with E-state index in [2.05, 4.69) is 0 Å². The molecule has 0 N–H and O–H groups in total. The quantitative estimate of drug-likeness (QED) is 0.696. The van der Waals surface area contributed by atoms with Crippen LogP contribution in [0.25, 0.3) is 0 Å². The van der Waals surface area contributed by atoms with E-state index in [0.29, 0.717) is 6.61 Å². The van der Waals surface area contributed by atoms with E-state index in [1.165, 1.54) is 0 Å². The summed E-state index contributed by atoms with van der Waals surface area (Å²) in [5.41, 5.74) is -0.406. The average molecular weight is 242 g/mol. The Kier molecular flexibility index (Phi) is 2.99. The van der Waals surface area contributed by atoms with Crippen LogP contribution in [0, 0.1) is 11.8 Å². The van der Waals surface area contributed by atoms with E-state index in [9.17, 15) is 4.79 Å². The van der Waals surface area contributed by atoms with Gasteiger partial charge in [-0.15, -0.1) is 0 Å². The second-order valence-corrected chi connectivity index (χ2v) is 6.41. The first-order valence-electron chi connectivity index (χ1n) is 6.23. The molecule has 1 saturated heterocycles. The molecule has 17 heavy (non-hydrogen) atoms. The van der Waals surface area contributed by atoms with E-state index in [0.717, 1.165) is 6.42 Å². The van der Waals surface area contributed by atoms with Crippen molar-refractivity contribution in [3.63, 3.8) is 0 Å². The molecule has 2 fully saturated rings. The molecule has 2 aliphatic rings. The lowest BCUT2D eigenvalue weighted by Crippen LogP contribution is -2.27. The Morgan fingerprint density at radius 2 is 2.00 bits per heavy atom. The van der Waals surface area contributed by atoms with Crippen molar-refractivity contribution in [1.29, 1.82) is 0 Å². The van der Waals surface area contributed by atoms with Crippen molar-refractivity contribution in [2.75, 3.05) is 6.61 Å². The van der Waals surface area contributed by atoms with Gasteiger partial charge in [0, 0.05) is 5.92 Å². The molecule has 1 aliphatic carbocycles. The summed E-state index contributed by atoms with van der Waals surface area (Å²) in [7, 11) is 0. The minimum atomic E-state index is -0.508. The highest BCUT2D eigenvalue weighted by molar-refractivity contribution is 5.76. The second kappa shape index (κ2) is 3.95. The number of carbonyl (C=O) groups excluding carboxylic acids is 1. The fourth-order valence-electron chi connectivity index (χ4n) is 2.20. The molecule has 2 rings (SSSR count). The Bertz CT molecular complexity index is 316. The SMILES string of the molecule is CC(C)(C)OC(=O)[C@@H]1C[C@H]1[C@@H]1COC(C)(C)O1. The van der Waals surface area contributed by atoms with Crippen molar-refractivity contribution in [3.8, 4) is 0 Å². The molecule has 4 nitrogen and oxygen atoms in total. The lowest BCUT2D eigenvalue weighted by Gasteiger charge is -2.20. The minimum Gasteiger partial charge on any atom is -0.460 e. The van der Waals surface area contributed by atoms with Gasteiger partial charge in [0.25, 0.3) is 0 Å².